The van der Waals surface area contributed by atoms with E-state index in [2.05, 4.69) is 22.9 Å². The van der Waals surface area contributed by atoms with Gasteiger partial charge in [0.25, 0.3) is 0 Å². The van der Waals surface area contributed by atoms with Crippen molar-refractivity contribution in [3.05, 3.63) is 0 Å². The summed E-state index contributed by atoms with van der Waals surface area (Å²) < 4.78 is 10.1. The summed E-state index contributed by atoms with van der Waals surface area (Å²) in [6.07, 6.45) is 1.10. The average Bonchev–Trinajstić information content (AvgIpc) is 1.98. The zero-order valence-corrected chi connectivity index (χ0v) is 8.19. The standard InChI is InChI=1S/C7H15BrO2/c1-3-7(8)6-10-5-4-9-2/h7H,3-6H2,1-2H3. The van der Waals surface area contributed by atoms with E-state index in [9.17, 15) is 0 Å². The van der Waals surface area contributed by atoms with Crippen LogP contribution in [0, 0.1) is 0 Å². The Bertz CT molecular complexity index is 68.6. The van der Waals surface area contributed by atoms with E-state index in [1.54, 1.807) is 7.11 Å². The molecule has 0 saturated carbocycles. The minimum atomic E-state index is 0.490. The van der Waals surface area contributed by atoms with Crippen molar-refractivity contribution in [3.8, 4) is 0 Å². The van der Waals surface area contributed by atoms with E-state index in [1.165, 1.54) is 0 Å². The first kappa shape index (κ1) is 10.4. The largest absolute Gasteiger partial charge is 0.382 e. The smallest absolute Gasteiger partial charge is 0.0700 e. The van der Waals surface area contributed by atoms with Crippen LogP contribution < -0.4 is 0 Å². The fourth-order valence-electron chi connectivity index (χ4n) is 0.471. The van der Waals surface area contributed by atoms with Gasteiger partial charge in [0, 0.05) is 11.9 Å². The second-order valence-electron chi connectivity index (χ2n) is 2.07. The van der Waals surface area contributed by atoms with E-state index in [-0.39, 0.29) is 0 Å². The van der Waals surface area contributed by atoms with E-state index < -0.39 is 0 Å². The van der Waals surface area contributed by atoms with Crippen molar-refractivity contribution in [1.29, 1.82) is 0 Å². The summed E-state index contributed by atoms with van der Waals surface area (Å²) in [4.78, 5) is 0.490. The highest BCUT2D eigenvalue weighted by Gasteiger charge is 1.98. The Balaban J connectivity index is 2.89. The normalized spacial score (nSPS) is 13.5. The molecule has 1 unspecified atom stereocenters. The van der Waals surface area contributed by atoms with Crippen LogP contribution in [0.1, 0.15) is 13.3 Å². The van der Waals surface area contributed by atoms with E-state index in [0.717, 1.165) is 13.0 Å². The van der Waals surface area contributed by atoms with E-state index in [0.29, 0.717) is 18.0 Å². The number of hydrogen-bond acceptors (Lipinski definition) is 2. The first-order valence-corrected chi connectivity index (χ1v) is 4.43. The third-order valence-corrected chi connectivity index (χ3v) is 2.09. The third kappa shape index (κ3) is 6.52. The van der Waals surface area contributed by atoms with E-state index in [1.807, 2.05) is 0 Å². The summed E-state index contributed by atoms with van der Waals surface area (Å²) in [6, 6.07) is 0. The molecule has 0 saturated heterocycles. The second kappa shape index (κ2) is 7.51. The van der Waals surface area contributed by atoms with Crippen LogP contribution in [0.4, 0.5) is 0 Å². The van der Waals surface area contributed by atoms with Crippen LogP contribution >= 0.6 is 15.9 Å². The van der Waals surface area contributed by atoms with Gasteiger partial charge in [0.05, 0.1) is 19.8 Å². The number of halogens is 1. The van der Waals surface area contributed by atoms with Crippen molar-refractivity contribution in [2.24, 2.45) is 0 Å². The third-order valence-electron chi connectivity index (χ3n) is 1.17. The summed E-state index contributed by atoms with van der Waals surface area (Å²) in [7, 11) is 1.68. The molecule has 1 atom stereocenters. The SMILES string of the molecule is CCC(Br)COCCOC. The molecule has 2 nitrogen and oxygen atoms in total. The van der Waals surface area contributed by atoms with Crippen molar-refractivity contribution < 1.29 is 9.47 Å². The molecule has 0 aromatic carbocycles. The molecule has 62 valence electrons. The molecule has 0 aromatic heterocycles. The molecule has 0 aliphatic carbocycles. The average molecular weight is 211 g/mol. The number of rotatable bonds is 6. The lowest BCUT2D eigenvalue weighted by molar-refractivity contribution is 0.0716. The highest BCUT2D eigenvalue weighted by atomic mass is 79.9. The molecule has 0 aromatic rings. The second-order valence-corrected chi connectivity index (χ2v) is 3.37. The van der Waals surface area contributed by atoms with Gasteiger partial charge in [0.15, 0.2) is 0 Å². The molecule has 0 radical (unpaired) electrons. The Morgan fingerprint density at radius 3 is 2.60 bits per heavy atom. The Hall–Kier alpha value is 0.400. The number of hydrogen-bond donors (Lipinski definition) is 0. The van der Waals surface area contributed by atoms with Gasteiger partial charge in [-0.25, -0.2) is 0 Å². The van der Waals surface area contributed by atoms with E-state index in [4.69, 9.17) is 9.47 Å². The Kier molecular flexibility index (Phi) is 7.81. The zero-order chi connectivity index (χ0) is 7.82. The number of methoxy groups -OCH3 is 1. The van der Waals surface area contributed by atoms with Gasteiger partial charge >= 0.3 is 0 Å². The van der Waals surface area contributed by atoms with Gasteiger partial charge in [-0.3, -0.25) is 0 Å². The number of alkyl halides is 1. The van der Waals surface area contributed by atoms with Gasteiger partial charge in [0.2, 0.25) is 0 Å². The molecule has 10 heavy (non-hydrogen) atoms. The maximum Gasteiger partial charge on any atom is 0.0700 e. The van der Waals surface area contributed by atoms with Gasteiger partial charge in [0.1, 0.15) is 0 Å². The van der Waals surface area contributed by atoms with Gasteiger partial charge < -0.3 is 9.47 Å². The summed E-state index contributed by atoms with van der Waals surface area (Å²) in [5.74, 6) is 0. The van der Waals surface area contributed by atoms with Crippen molar-refractivity contribution in [1.82, 2.24) is 0 Å². The molecular formula is C7H15BrO2. The van der Waals surface area contributed by atoms with Crippen LogP contribution in [0.15, 0.2) is 0 Å². The highest BCUT2D eigenvalue weighted by Crippen LogP contribution is 2.03. The predicted molar refractivity (Wildman–Crippen MR) is 45.7 cm³/mol. The topological polar surface area (TPSA) is 18.5 Å². The quantitative estimate of drug-likeness (QED) is 0.492. The summed E-state index contributed by atoms with van der Waals surface area (Å²) in [5, 5.41) is 0. The maximum atomic E-state index is 5.25. The molecule has 0 rings (SSSR count). The summed E-state index contributed by atoms with van der Waals surface area (Å²) >= 11 is 3.46. The maximum absolute atomic E-state index is 5.25. The fourth-order valence-corrected chi connectivity index (χ4v) is 0.658. The molecule has 0 N–H and O–H groups in total. The van der Waals surface area contributed by atoms with Crippen LogP contribution in [0.5, 0.6) is 0 Å². The summed E-state index contributed by atoms with van der Waals surface area (Å²) in [5.41, 5.74) is 0. The van der Waals surface area contributed by atoms with Crippen LogP contribution in [0.2, 0.25) is 0 Å². The van der Waals surface area contributed by atoms with Crippen LogP contribution in [-0.2, 0) is 9.47 Å². The zero-order valence-electron chi connectivity index (χ0n) is 6.60. The minimum absolute atomic E-state index is 0.490. The lowest BCUT2D eigenvalue weighted by atomic mass is 10.4. The lowest BCUT2D eigenvalue weighted by Crippen LogP contribution is -2.10. The molecule has 3 heteroatoms. The molecular weight excluding hydrogens is 196 g/mol. The Morgan fingerprint density at radius 1 is 1.40 bits per heavy atom. The first-order chi connectivity index (χ1) is 4.81. The minimum Gasteiger partial charge on any atom is -0.382 e. The van der Waals surface area contributed by atoms with Crippen LogP contribution in [-0.4, -0.2) is 31.8 Å². The van der Waals surface area contributed by atoms with Gasteiger partial charge in [-0.2, -0.15) is 0 Å². The Labute approximate surface area is 71.0 Å². The van der Waals surface area contributed by atoms with Crippen molar-refractivity contribution in [2.45, 2.75) is 18.2 Å². The van der Waals surface area contributed by atoms with Crippen molar-refractivity contribution in [3.63, 3.8) is 0 Å². The van der Waals surface area contributed by atoms with Gasteiger partial charge in [-0.15, -0.1) is 0 Å². The molecule has 0 heterocycles. The molecule has 0 bridgehead atoms. The van der Waals surface area contributed by atoms with Crippen molar-refractivity contribution in [2.75, 3.05) is 26.9 Å². The Morgan fingerprint density at radius 2 is 2.10 bits per heavy atom. The summed E-state index contributed by atoms with van der Waals surface area (Å²) in [6.45, 7) is 4.28. The fraction of sp³-hybridized carbons (Fsp3) is 1.00. The molecule has 0 aliphatic heterocycles. The van der Waals surface area contributed by atoms with Crippen molar-refractivity contribution >= 4 is 15.9 Å². The molecule has 0 fully saturated rings. The van der Waals surface area contributed by atoms with Crippen LogP contribution in [0.3, 0.4) is 0 Å². The first-order valence-electron chi connectivity index (χ1n) is 3.52. The van der Waals surface area contributed by atoms with Gasteiger partial charge in [-0.05, 0) is 6.42 Å². The molecule has 0 aliphatic rings. The number of ether oxygens (including phenoxy) is 2. The monoisotopic (exact) mass is 210 g/mol. The molecule has 0 spiro atoms. The van der Waals surface area contributed by atoms with Crippen LogP contribution in [0.25, 0.3) is 0 Å². The van der Waals surface area contributed by atoms with Gasteiger partial charge in [-0.1, -0.05) is 22.9 Å². The lowest BCUT2D eigenvalue weighted by Gasteiger charge is -2.06. The highest BCUT2D eigenvalue weighted by molar-refractivity contribution is 9.09. The van der Waals surface area contributed by atoms with E-state index >= 15 is 0 Å². The molecule has 0 amide bonds. The predicted octanol–water partition coefficient (Wildman–Crippen LogP) is 1.82.